The Labute approximate surface area is 227 Å². The number of aryl methyl sites for hydroxylation is 1. The monoisotopic (exact) mass is 546 g/mol. The minimum Gasteiger partial charge on any atom is -0.493 e. The van der Waals surface area contributed by atoms with Crippen molar-refractivity contribution < 1.29 is 26.5 Å². The van der Waals surface area contributed by atoms with Crippen LogP contribution in [0.2, 0.25) is 0 Å². The highest BCUT2D eigenvalue weighted by molar-refractivity contribution is 7.87. The second kappa shape index (κ2) is 11.9. The lowest BCUT2D eigenvalue weighted by Gasteiger charge is -2.12. The Morgan fingerprint density at radius 1 is 0.949 bits per heavy atom. The molecule has 0 fully saturated rings. The maximum atomic E-state index is 14.7. The van der Waals surface area contributed by atoms with Gasteiger partial charge in [0.2, 0.25) is 5.91 Å². The van der Waals surface area contributed by atoms with Gasteiger partial charge in [-0.25, -0.2) is 9.82 Å². The van der Waals surface area contributed by atoms with Gasteiger partial charge in [-0.3, -0.25) is 4.79 Å². The molecular weight excluding hydrogens is 519 g/mol. The lowest BCUT2D eigenvalue weighted by atomic mass is 9.96. The van der Waals surface area contributed by atoms with Crippen LogP contribution in [0, 0.1) is 12.7 Å². The van der Waals surface area contributed by atoms with E-state index in [0.29, 0.717) is 16.7 Å². The maximum Gasteiger partial charge on any atom is 0.339 e. The van der Waals surface area contributed by atoms with Crippen molar-refractivity contribution in [2.75, 3.05) is 7.11 Å². The molecule has 4 aromatic rings. The topological polar surface area (TPSA) is 94.1 Å². The van der Waals surface area contributed by atoms with E-state index in [9.17, 15) is 17.6 Å². The van der Waals surface area contributed by atoms with E-state index in [1.165, 1.54) is 43.7 Å². The molecule has 9 heteroatoms. The van der Waals surface area contributed by atoms with E-state index in [1.54, 1.807) is 37.3 Å². The summed E-state index contributed by atoms with van der Waals surface area (Å²) in [5.74, 6) is -1.31. The van der Waals surface area contributed by atoms with Gasteiger partial charge in [-0.1, -0.05) is 60.2 Å². The van der Waals surface area contributed by atoms with E-state index in [0.717, 1.165) is 11.1 Å². The average Bonchev–Trinajstić information content (AvgIpc) is 2.93. The normalized spacial score (nSPS) is 12.2. The van der Waals surface area contributed by atoms with Crippen LogP contribution in [0.5, 0.6) is 11.5 Å². The molecule has 0 aliphatic rings. The summed E-state index contributed by atoms with van der Waals surface area (Å²) in [5.41, 5.74) is 5.62. The fraction of sp³-hybridized carbons (Fsp3) is 0.133. The summed E-state index contributed by atoms with van der Waals surface area (Å²) in [6.45, 7) is 3.51. The Morgan fingerprint density at radius 2 is 1.67 bits per heavy atom. The lowest BCUT2D eigenvalue weighted by molar-refractivity contribution is -0.122. The Morgan fingerprint density at radius 3 is 2.33 bits per heavy atom. The summed E-state index contributed by atoms with van der Waals surface area (Å²) < 4.78 is 50.6. The Balaban J connectivity index is 1.41. The molecule has 1 atom stereocenters. The van der Waals surface area contributed by atoms with Crippen LogP contribution >= 0.6 is 0 Å². The number of methoxy groups -OCH3 is 1. The number of hydrogen-bond donors (Lipinski definition) is 1. The fourth-order valence-corrected chi connectivity index (χ4v) is 4.72. The summed E-state index contributed by atoms with van der Waals surface area (Å²) in [6.07, 6.45) is 1.38. The van der Waals surface area contributed by atoms with Crippen molar-refractivity contribution in [3.63, 3.8) is 0 Å². The van der Waals surface area contributed by atoms with Crippen LogP contribution in [-0.4, -0.2) is 27.6 Å². The van der Waals surface area contributed by atoms with Crippen LogP contribution in [0.15, 0.2) is 101 Å². The van der Waals surface area contributed by atoms with Crippen LogP contribution in [0.1, 0.15) is 29.5 Å². The van der Waals surface area contributed by atoms with E-state index in [2.05, 4.69) is 10.5 Å². The number of hydrazone groups is 1. The average molecular weight is 547 g/mol. The Hall–Kier alpha value is -4.50. The number of carbonyl (C=O) groups is 1. The molecule has 0 radical (unpaired) electrons. The van der Waals surface area contributed by atoms with Gasteiger partial charge in [-0.05, 0) is 66.9 Å². The van der Waals surface area contributed by atoms with Gasteiger partial charge >= 0.3 is 10.1 Å². The fourth-order valence-electron chi connectivity index (χ4n) is 3.78. The van der Waals surface area contributed by atoms with Gasteiger partial charge in [0.15, 0.2) is 11.5 Å². The van der Waals surface area contributed by atoms with Crippen molar-refractivity contribution in [2.45, 2.75) is 24.7 Å². The highest BCUT2D eigenvalue weighted by Crippen LogP contribution is 2.31. The minimum absolute atomic E-state index is 0.00820. The van der Waals surface area contributed by atoms with Gasteiger partial charge in [-0.2, -0.15) is 13.5 Å². The van der Waals surface area contributed by atoms with Crippen LogP contribution < -0.4 is 14.3 Å². The number of halogens is 1. The van der Waals surface area contributed by atoms with Crippen molar-refractivity contribution in [1.82, 2.24) is 5.43 Å². The summed E-state index contributed by atoms with van der Waals surface area (Å²) in [5, 5.41) is 3.98. The maximum absolute atomic E-state index is 14.7. The molecule has 4 aromatic carbocycles. The van der Waals surface area contributed by atoms with Crippen molar-refractivity contribution in [3.8, 4) is 22.6 Å². The van der Waals surface area contributed by atoms with Gasteiger partial charge in [0.05, 0.1) is 19.2 Å². The van der Waals surface area contributed by atoms with Crippen LogP contribution in [0.25, 0.3) is 11.1 Å². The second-order valence-electron chi connectivity index (χ2n) is 8.82. The Kier molecular flexibility index (Phi) is 8.41. The first kappa shape index (κ1) is 27.5. The highest BCUT2D eigenvalue weighted by atomic mass is 32.2. The molecule has 0 spiro atoms. The van der Waals surface area contributed by atoms with Gasteiger partial charge in [0.1, 0.15) is 10.7 Å². The number of hydrogen-bond acceptors (Lipinski definition) is 6. The van der Waals surface area contributed by atoms with E-state index in [-0.39, 0.29) is 16.4 Å². The number of nitrogens with zero attached hydrogens (tertiary/aromatic N) is 1. The number of rotatable bonds is 9. The summed E-state index contributed by atoms with van der Waals surface area (Å²) in [7, 11) is -2.68. The number of carbonyl (C=O) groups excluding carboxylic acids is 1. The quantitative estimate of drug-likeness (QED) is 0.162. The van der Waals surface area contributed by atoms with Crippen molar-refractivity contribution in [1.29, 1.82) is 0 Å². The SMILES string of the molecule is COc1cc(C=NNC(=O)C(C)c2ccc(-c3ccccc3)c(F)c2)ccc1OS(=O)(=O)c1ccc(C)cc1. The standard InChI is InChI=1S/C30H27FN2O5S/c1-20-9-13-25(14-10-20)39(35,36)38-28-16-11-22(17-29(28)37-3)19-32-33-30(34)21(2)24-12-15-26(27(31)18-24)23-7-5-4-6-8-23/h4-19,21H,1-3H3,(H,33,34). The molecule has 7 nitrogen and oxygen atoms in total. The van der Waals surface area contributed by atoms with Crippen molar-refractivity contribution in [3.05, 3.63) is 114 Å². The minimum atomic E-state index is -4.06. The first-order valence-corrected chi connectivity index (χ1v) is 13.5. The molecule has 0 bridgehead atoms. The first-order chi connectivity index (χ1) is 18.7. The summed E-state index contributed by atoms with van der Waals surface area (Å²) in [6, 6.07) is 24.7. The largest absolute Gasteiger partial charge is 0.493 e. The van der Waals surface area contributed by atoms with E-state index in [4.69, 9.17) is 8.92 Å². The van der Waals surface area contributed by atoms with Gasteiger partial charge in [0.25, 0.3) is 0 Å². The first-order valence-electron chi connectivity index (χ1n) is 12.0. The second-order valence-corrected chi connectivity index (χ2v) is 10.4. The predicted octanol–water partition coefficient (Wildman–Crippen LogP) is 5.83. The van der Waals surface area contributed by atoms with Crippen molar-refractivity contribution >= 4 is 22.2 Å². The van der Waals surface area contributed by atoms with Crippen LogP contribution in [0.3, 0.4) is 0 Å². The highest BCUT2D eigenvalue weighted by Gasteiger charge is 2.20. The molecule has 39 heavy (non-hydrogen) atoms. The molecule has 0 aliphatic heterocycles. The summed E-state index contributed by atoms with van der Waals surface area (Å²) >= 11 is 0. The molecule has 1 unspecified atom stereocenters. The van der Waals surface area contributed by atoms with E-state index < -0.39 is 27.8 Å². The smallest absolute Gasteiger partial charge is 0.339 e. The third kappa shape index (κ3) is 6.69. The van der Waals surface area contributed by atoms with Crippen LogP contribution in [-0.2, 0) is 14.9 Å². The number of nitrogens with one attached hydrogen (secondary N) is 1. The van der Waals surface area contributed by atoms with Gasteiger partial charge in [0, 0.05) is 5.56 Å². The van der Waals surface area contributed by atoms with Gasteiger partial charge in [-0.15, -0.1) is 0 Å². The molecule has 0 saturated carbocycles. The molecule has 0 heterocycles. The zero-order valence-electron chi connectivity index (χ0n) is 21.6. The molecule has 1 N–H and O–H groups in total. The number of amides is 1. The third-order valence-corrected chi connectivity index (χ3v) is 7.30. The predicted molar refractivity (Wildman–Crippen MR) is 148 cm³/mol. The zero-order chi connectivity index (χ0) is 28.0. The molecule has 0 aromatic heterocycles. The molecule has 0 aliphatic carbocycles. The molecule has 0 saturated heterocycles. The zero-order valence-corrected chi connectivity index (χ0v) is 22.4. The van der Waals surface area contributed by atoms with Gasteiger partial charge < -0.3 is 8.92 Å². The van der Waals surface area contributed by atoms with E-state index >= 15 is 0 Å². The molecule has 1 amide bonds. The molecule has 4 rings (SSSR count). The lowest BCUT2D eigenvalue weighted by Crippen LogP contribution is -2.23. The Bertz CT molecular complexity index is 1600. The number of ether oxygens (including phenoxy) is 1. The number of benzene rings is 4. The van der Waals surface area contributed by atoms with Crippen molar-refractivity contribution in [2.24, 2.45) is 5.10 Å². The van der Waals surface area contributed by atoms with Crippen LogP contribution in [0.4, 0.5) is 4.39 Å². The third-order valence-electron chi connectivity index (χ3n) is 6.06. The summed E-state index contributed by atoms with van der Waals surface area (Å²) in [4.78, 5) is 12.7. The molecule has 200 valence electrons. The molecular formula is C30H27FN2O5S. The van der Waals surface area contributed by atoms with E-state index in [1.807, 2.05) is 37.3 Å².